The molecule has 3 rings (SSSR count). The molecule has 0 bridgehead atoms. The number of anilines is 2. The molecule has 1 aromatic heterocycles. The fraction of sp³-hybridized carbons (Fsp3) is 0.333. The number of nitrogens with one attached hydrogen (secondary N) is 1. The highest BCUT2D eigenvalue weighted by Crippen LogP contribution is 2.24. The Bertz CT molecular complexity index is 620. The Labute approximate surface area is 126 Å². The maximum absolute atomic E-state index is 12.8. The van der Waals surface area contributed by atoms with Crippen molar-refractivity contribution in [3.05, 3.63) is 41.2 Å². The van der Waals surface area contributed by atoms with E-state index in [0.717, 1.165) is 18.2 Å². The van der Waals surface area contributed by atoms with Gasteiger partial charge in [0.15, 0.2) is 5.13 Å². The van der Waals surface area contributed by atoms with Gasteiger partial charge in [0.25, 0.3) is 5.91 Å². The molecule has 1 fully saturated rings. The standard InChI is InChI=1S/C15H16FN3OS/c16-11-4-6-12(7-5-11)17-14(20)13-10-21-15(18-13)19-8-2-1-3-9-19/h4-7,10H,1-3,8-9H2,(H,17,20). The number of thiazole rings is 1. The maximum Gasteiger partial charge on any atom is 0.275 e. The van der Waals surface area contributed by atoms with E-state index in [1.165, 1.54) is 54.9 Å². The van der Waals surface area contributed by atoms with Gasteiger partial charge in [0.05, 0.1) is 0 Å². The second-order valence-corrected chi connectivity index (χ2v) is 5.86. The van der Waals surface area contributed by atoms with E-state index in [2.05, 4.69) is 15.2 Å². The molecule has 1 N–H and O–H groups in total. The van der Waals surface area contributed by atoms with Crippen LogP contribution >= 0.6 is 11.3 Å². The number of benzene rings is 1. The second-order valence-electron chi connectivity index (χ2n) is 5.02. The van der Waals surface area contributed by atoms with Gasteiger partial charge in [-0.3, -0.25) is 4.79 Å². The van der Waals surface area contributed by atoms with Crippen LogP contribution < -0.4 is 10.2 Å². The molecular formula is C15H16FN3OS. The van der Waals surface area contributed by atoms with E-state index in [4.69, 9.17) is 0 Å². The summed E-state index contributed by atoms with van der Waals surface area (Å²) in [5, 5.41) is 5.39. The normalized spacial score (nSPS) is 15.0. The lowest BCUT2D eigenvalue weighted by molar-refractivity contribution is 0.102. The van der Waals surface area contributed by atoms with Crippen LogP contribution in [0.3, 0.4) is 0 Å². The van der Waals surface area contributed by atoms with Crippen molar-refractivity contribution in [3.8, 4) is 0 Å². The first kappa shape index (κ1) is 14.0. The number of aromatic nitrogens is 1. The Morgan fingerprint density at radius 2 is 1.90 bits per heavy atom. The first-order valence-corrected chi connectivity index (χ1v) is 7.88. The van der Waals surface area contributed by atoms with Crippen LogP contribution in [-0.4, -0.2) is 24.0 Å². The average Bonchev–Trinajstić information content (AvgIpc) is 3.00. The van der Waals surface area contributed by atoms with E-state index in [0.29, 0.717) is 11.4 Å². The molecule has 2 heterocycles. The molecule has 0 unspecified atom stereocenters. The number of nitrogens with zero attached hydrogens (tertiary/aromatic N) is 2. The first-order valence-electron chi connectivity index (χ1n) is 7.00. The van der Waals surface area contributed by atoms with Gasteiger partial charge in [0.1, 0.15) is 11.5 Å². The van der Waals surface area contributed by atoms with Gasteiger partial charge < -0.3 is 10.2 Å². The van der Waals surface area contributed by atoms with Gasteiger partial charge in [-0.1, -0.05) is 0 Å². The monoisotopic (exact) mass is 305 g/mol. The molecule has 110 valence electrons. The summed E-state index contributed by atoms with van der Waals surface area (Å²) >= 11 is 1.49. The molecule has 4 nitrogen and oxygen atoms in total. The minimum atomic E-state index is -0.325. The zero-order valence-corrected chi connectivity index (χ0v) is 12.3. The Morgan fingerprint density at radius 1 is 1.19 bits per heavy atom. The quantitative estimate of drug-likeness (QED) is 0.943. The number of carbonyl (C=O) groups is 1. The van der Waals surface area contributed by atoms with Gasteiger partial charge >= 0.3 is 0 Å². The smallest absolute Gasteiger partial charge is 0.275 e. The van der Waals surface area contributed by atoms with Crippen molar-refractivity contribution < 1.29 is 9.18 Å². The Hall–Kier alpha value is -1.95. The van der Waals surface area contributed by atoms with Crippen molar-refractivity contribution in [2.45, 2.75) is 19.3 Å². The molecular weight excluding hydrogens is 289 g/mol. The topological polar surface area (TPSA) is 45.2 Å². The lowest BCUT2D eigenvalue weighted by Gasteiger charge is -2.25. The van der Waals surface area contributed by atoms with Crippen LogP contribution in [-0.2, 0) is 0 Å². The number of halogens is 1. The Morgan fingerprint density at radius 3 is 2.62 bits per heavy atom. The summed E-state index contributed by atoms with van der Waals surface area (Å²) in [4.78, 5) is 18.7. The number of hydrogen-bond acceptors (Lipinski definition) is 4. The van der Waals surface area contributed by atoms with Crippen molar-refractivity contribution in [3.63, 3.8) is 0 Å². The molecule has 0 spiro atoms. The van der Waals surface area contributed by atoms with Gasteiger partial charge in [-0.05, 0) is 43.5 Å². The van der Waals surface area contributed by atoms with Crippen LogP contribution in [0.15, 0.2) is 29.6 Å². The van der Waals surface area contributed by atoms with Gasteiger partial charge in [-0.2, -0.15) is 0 Å². The average molecular weight is 305 g/mol. The molecule has 1 saturated heterocycles. The SMILES string of the molecule is O=C(Nc1ccc(F)cc1)c1csc(N2CCCCC2)n1. The number of carbonyl (C=O) groups excluding carboxylic acids is 1. The molecule has 1 aliphatic heterocycles. The zero-order valence-electron chi connectivity index (χ0n) is 11.5. The molecule has 0 saturated carbocycles. The largest absolute Gasteiger partial charge is 0.348 e. The second kappa shape index (κ2) is 6.22. The molecule has 0 radical (unpaired) electrons. The predicted octanol–water partition coefficient (Wildman–Crippen LogP) is 3.52. The maximum atomic E-state index is 12.8. The molecule has 21 heavy (non-hydrogen) atoms. The third-order valence-corrected chi connectivity index (χ3v) is 4.35. The van der Waals surface area contributed by atoms with E-state index in [1.54, 1.807) is 5.38 Å². The first-order chi connectivity index (χ1) is 10.2. The number of amides is 1. The van der Waals surface area contributed by atoms with Crippen molar-refractivity contribution in [1.82, 2.24) is 4.98 Å². The van der Waals surface area contributed by atoms with E-state index in [-0.39, 0.29) is 11.7 Å². The van der Waals surface area contributed by atoms with Gasteiger partial charge in [0, 0.05) is 24.2 Å². The molecule has 1 aliphatic rings. The van der Waals surface area contributed by atoms with E-state index >= 15 is 0 Å². The fourth-order valence-electron chi connectivity index (χ4n) is 2.33. The van der Waals surface area contributed by atoms with Crippen molar-refractivity contribution in [1.29, 1.82) is 0 Å². The summed E-state index contributed by atoms with van der Waals surface area (Å²) in [6.07, 6.45) is 3.62. The summed E-state index contributed by atoms with van der Waals surface area (Å²) in [5.41, 5.74) is 0.971. The zero-order chi connectivity index (χ0) is 14.7. The van der Waals surface area contributed by atoms with Crippen LogP contribution in [0.5, 0.6) is 0 Å². The highest BCUT2D eigenvalue weighted by Gasteiger charge is 2.17. The highest BCUT2D eigenvalue weighted by atomic mass is 32.1. The lowest BCUT2D eigenvalue weighted by atomic mass is 10.1. The van der Waals surface area contributed by atoms with Crippen LogP contribution in [0.4, 0.5) is 15.2 Å². The third kappa shape index (κ3) is 3.39. The summed E-state index contributed by atoms with van der Waals surface area (Å²) in [6, 6.07) is 5.70. The predicted molar refractivity (Wildman–Crippen MR) is 82.5 cm³/mol. The Kier molecular flexibility index (Phi) is 4.15. The summed E-state index contributed by atoms with van der Waals surface area (Å²) in [5.74, 6) is -0.588. The molecule has 0 atom stereocenters. The summed E-state index contributed by atoms with van der Waals surface area (Å²) < 4.78 is 12.8. The van der Waals surface area contributed by atoms with Gasteiger partial charge in [0.2, 0.25) is 0 Å². The van der Waals surface area contributed by atoms with Gasteiger partial charge in [-0.15, -0.1) is 11.3 Å². The minimum absolute atomic E-state index is 0.263. The molecule has 0 aliphatic carbocycles. The minimum Gasteiger partial charge on any atom is -0.348 e. The lowest BCUT2D eigenvalue weighted by Crippen LogP contribution is -2.29. The number of hydrogen-bond donors (Lipinski definition) is 1. The van der Waals surface area contributed by atoms with Crippen molar-refractivity contribution in [2.24, 2.45) is 0 Å². The van der Waals surface area contributed by atoms with Crippen LogP contribution in [0.25, 0.3) is 0 Å². The molecule has 1 aromatic carbocycles. The van der Waals surface area contributed by atoms with E-state index in [9.17, 15) is 9.18 Å². The van der Waals surface area contributed by atoms with E-state index in [1.807, 2.05) is 0 Å². The number of rotatable bonds is 3. The molecule has 6 heteroatoms. The Balaban J connectivity index is 1.67. The van der Waals surface area contributed by atoms with Crippen molar-refractivity contribution in [2.75, 3.05) is 23.3 Å². The van der Waals surface area contributed by atoms with Crippen LogP contribution in [0, 0.1) is 5.82 Å². The fourth-order valence-corrected chi connectivity index (χ4v) is 3.19. The third-order valence-electron chi connectivity index (χ3n) is 3.45. The summed E-state index contributed by atoms with van der Waals surface area (Å²) in [6.45, 7) is 2.01. The van der Waals surface area contributed by atoms with Crippen LogP contribution in [0.1, 0.15) is 29.8 Å². The van der Waals surface area contributed by atoms with Crippen LogP contribution in [0.2, 0.25) is 0 Å². The van der Waals surface area contributed by atoms with Gasteiger partial charge in [-0.25, -0.2) is 9.37 Å². The number of piperidine rings is 1. The van der Waals surface area contributed by atoms with E-state index < -0.39 is 0 Å². The molecule has 2 aromatic rings. The molecule has 1 amide bonds. The van der Waals surface area contributed by atoms with Crippen molar-refractivity contribution >= 4 is 28.1 Å². The summed E-state index contributed by atoms with van der Waals surface area (Å²) in [7, 11) is 0. The highest BCUT2D eigenvalue weighted by molar-refractivity contribution is 7.14.